The van der Waals surface area contributed by atoms with E-state index in [0.29, 0.717) is 18.9 Å². The Morgan fingerprint density at radius 1 is 1.06 bits per heavy atom. The van der Waals surface area contributed by atoms with Gasteiger partial charge in [0.15, 0.2) is 0 Å². The second kappa shape index (κ2) is 10.1. The molecular weight excluding hydrogens is 419 g/mol. The van der Waals surface area contributed by atoms with Crippen LogP contribution < -0.4 is 10.2 Å². The second-order valence-electron chi connectivity index (χ2n) is 8.68. The third-order valence-electron chi connectivity index (χ3n) is 6.08. The maximum atomic E-state index is 13.9. The van der Waals surface area contributed by atoms with Crippen LogP contribution in [0, 0.1) is 25.6 Å². The first-order valence-electron chi connectivity index (χ1n) is 11.4. The van der Waals surface area contributed by atoms with E-state index in [9.17, 15) is 9.18 Å². The first-order valence-corrected chi connectivity index (χ1v) is 11.4. The molecule has 1 atom stereocenters. The zero-order chi connectivity index (χ0) is 23.4. The van der Waals surface area contributed by atoms with Gasteiger partial charge in [0.05, 0.1) is 12.5 Å². The maximum Gasteiger partial charge on any atom is 0.229 e. The van der Waals surface area contributed by atoms with Gasteiger partial charge in [-0.25, -0.2) is 14.1 Å². The number of piperazine rings is 1. The molecular formula is C25H31FN6O. The van der Waals surface area contributed by atoms with Gasteiger partial charge in [0, 0.05) is 49.7 Å². The topological polar surface area (TPSA) is 66.3 Å². The SMILES string of the molecule is Cc1nc(C)n(CC(C)C(=O)Nc2ccc(N3CCN(Cc4ccccc4F)CC3)cc2)n1. The van der Waals surface area contributed by atoms with Gasteiger partial charge in [-0.2, -0.15) is 5.10 Å². The summed E-state index contributed by atoms with van der Waals surface area (Å²) >= 11 is 0. The van der Waals surface area contributed by atoms with E-state index in [1.165, 1.54) is 6.07 Å². The molecule has 1 saturated heterocycles. The molecule has 0 saturated carbocycles. The van der Waals surface area contributed by atoms with E-state index in [4.69, 9.17) is 0 Å². The molecule has 1 aromatic heterocycles. The summed E-state index contributed by atoms with van der Waals surface area (Å²) in [4.78, 5) is 21.5. The van der Waals surface area contributed by atoms with Gasteiger partial charge in [0.25, 0.3) is 0 Å². The van der Waals surface area contributed by atoms with Crippen LogP contribution in [-0.2, 0) is 17.9 Å². The fraction of sp³-hybridized carbons (Fsp3) is 0.400. The molecule has 1 aliphatic heterocycles. The number of halogens is 1. The van der Waals surface area contributed by atoms with Crippen LogP contribution in [0.15, 0.2) is 48.5 Å². The molecule has 8 heteroatoms. The van der Waals surface area contributed by atoms with Crippen molar-refractivity contribution < 1.29 is 9.18 Å². The highest BCUT2D eigenvalue weighted by molar-refractivity contribution is 5.92. The number of anilines is 2. The monoisotopic (exact) mass is 450 g/mol. The van der Waals surface area contributed by atoms with E-state index in [1.807, 2.05) is 57.2 Å². The lowest BCUT2D eigenvalue weighted by atomic mass is 10.1. The normalized spacial score (nSPS) is 15.5. The summed E-state index contributed by atoms with van der Waals surface area (Å²) in [6.45, 7) is 10.3. The van der Waals surface area contributed by atoms with Crippen LogP contribution in [0.2, 0.25) is 0 Å². The molecule has 2 heterocycles. The average Bonchev–Trinajstić information content (AvgIpc) is 3.12. The van der Waals surface area contributed by atoms with E-state index in [2.05, 4.69) is 25.2 Å². The summed E-state index contributed by atoms with van der Waals surface area (Å²) in [5.74, 6) is 1.11. The number of aromatic nitrogens is 3. The molecule has 4 rings (SSSR count). The molecule has 7 nitrogen and oxygen atoms in total. The number of nitrogens with one attached hydrogen (secondary N) is 1. The zero-order valence-corrected chi connectivity index (χ0v) is 19.5. The van der Waals surface area contributed by atoms with Crippen molar-refractivity contribution in [3.05, 3.63) is 71.6 Å². The quantitative estimate of drug-likeness (QED) is 0.596. The minimum Gasteiger partial charge on any atom is -0.369 e. The summed E-state index contributed by atoms with van der Waals surface area (Å²) in [5, 5.41) is 7.33. The Hall–Kier alpha value is -3.26. The first-order chi connectivity index (χ1) is 15.9. The van der Waals surface area contributed by atoms with Crippen molar-refractivity contribution in [3.8, 4) is 0 Å². The molecule has 1 N–H and O–H groups in total. The summed E-state index contributed by atoms with van der Waals surface area (Å²) in [7, 11) is 0. The van der Waals surface area contributed by atoms with Crippen molar-refractivity contribution in [1.82, 2.24) is 19.7 Å². The highest BCUT2D eigenvalue weighted by atomic mass is 19.1. The van der Waals surface area contributed by atoms with E-state index in [-0.39, 0.29) is 17.6 Å². The van der Waals surface area contributed by atoms with E-state index < -0.39 is 0 Å². The van der Waals surface area contributed by atoms with E-state index >= 15 is 0 Å². The van der Waals surface area contributed by atoms with Gasteiger partial charge >= 0.3 is 0 Å². The lowest BCUT2D eigenvalue weighted by Gasteiger charge is -2.36. The summed E-state index contributed by atoms with van der Waals surface area (Å²) in [6, 6.07) is 14.9. The highest BCUT2D eigenvalue weighted by Crippen LogP contribution is 2.21. The third kappa shape index (κ3) is 5.76. The lowest BCUT2D eigenvalue weighted by molar-refractivity contribution is -0.119. The molecule has 2 aromatic carbocycles. The lowest BCUT2D eigenvalue weighted by Crippen LogP contribution is -2.46. The number of aryl methyl sites for hydroxylation is 2. The molecule has 0 spiro atoms. The Morgan fingerprint density at radius 3 is 2.39 bits per heavy atom. The first kappa shape index (κ1) is 22.9. The number of carbonyl (C=O) groups excluding carboxylic acids is 1. The van der Waals surface area contributed by atoms with Crippen LogP contribution in [0.3, 0.4) is 0 Å². The molecule has 174 valence electrons. The zero-order valence-electron chi connectivity index (χ0n) is 19.5. The minimum absolute atomic E-state index is 0.0444. The molecule has 33 heavy (non-hydrogen) atoms. The van der Waals surface area contributed by atoms with Crippen molar-refractivity contribution in [1.29, 1.82) is 0 Å². The predicted molar refractivity (Wildman–Crippen MR) is 128 cm³/mol. The number of hydrogen-bond acceptors (Lipinski definition) is 5. The van der Waals surface area contributed by atoms with Gasteiger partial charge < -0.3 is 10.2 Å². The van der Waals surface area contributed by atoms with Gasteiger partial charge in [0.2, 0.25) is 5.91 Å². The average molecular weight is 451 g/mol. The molecule has 1 unspecified atom stereocenters. The summed E-state index contributed by atoms with van der Waals surface area (Å²) < 4.78 is 15.7. The largest absolute Gasteiger partial charge is 0.369 e. The third-order valence-corrected chi connectivity index (χ3v) is 6.08. The fourth-order valence-electron chi connectivity index (χ4n) is 4.13. The molecule has 0 radical (unpaired) electrons. The van der Waals surface area contributed by atoms with Crippen LogP contribution in [0.5, 0.6) is 0 Å². The number of carbonyl (C=O) groups is 1. The Bertz CT molecular complexity index is 1090. The van der Waals surface area contributed by atoms with Crippen LogP contribution >= 0.6 is 0 Å². The van der Waals surface area contributed by atoms with Crippen LogP contribution in [0.1, 0.15) is 24.1 Å². The van der Waals surface area contributed by atoms with Gasteiger partial charge in [-0.05, 0) is 44.2 Å². The smallest absolute Gasteiger partial charge is 0.229 e. The van der Waals surface area contributed by atoms with Gasteiger partial charge in [-0.3, -0.25) is 9.69 Å². The minimum atomic E-state index is -0.230. The maximum absolute atomic E-state index is 13.9. The van der Waals surface area contributed by atoms with Crippen molar-refractivity contribution in [3.63, 3.8) is 0 Å². The van der Waals surface area contributed by atoms with Crippen LogP contribution in [-0.4, -0.2) is 51.8 Å². The fourth-order valence-corrected chi connectivity index (χ4v) is 4.13. The molecule has 0 bridgehead atoms. The molecule has 3 aromatic rings. The predicted octanol–water partition coefficient (Wildman–Crippen LogP) is 3.63. The summed E-state index contributed by atoms with van der Waals surface area (Å²) in [5.41, 5.74) is 2.65. The molecule has 1 amide bonds. The number of nitrogens with zero attached hydrogens (tertiary/aromatic N) is 5. The second-order valence-corrected chi connectivity index (χ2v) is 8.68. The molecule has 1 fully saturated rings. The van der Waals surface area contributed by atoms with Crippen molar-refractivity contribution in [2.24, 2.45) is 5.92 Å². The van der Waals surface area contributed by atoms with E-state index in [1.54, 1.807) is 10.7 Å². The van der Waals surface area contributed by atoms with Gasteiger partial charge in [0.1, 0.15) is 17.5 Å². The van der Waals surface area contributed by atoms with Gasteiger partial charge in [-0.15, -0.1) is 0 Å². The van der Waals surface area contributed by atoms with Crippen LogP contribution in [0.4, 0.5) is 15.8 Å². The Labute approximate surface area is 194 Å². The Morgan fingerprint density at radius 2 is 1.76 bits per heavy atom. The number of rotatable bonds is 7. The Kier molecular flexibility index (Phi) is 7.03. The van der Waals surface area contributed by atoms with E-state index in [0.717, 1.165) is 48.9 Å². The number of hydrogen-bond donors (Lipinski definition) is 1. The Balaban J connectivity index is 1.27. The van der Waals surface area contributed by atoms with Crippen LogP contribution in [0.25, 0.3) is 0 Å². The van der Waals surface area contributed by atoms with Crippen molar-refractivity contribution in [2.45, 2.75) is 33.9 Å². The number of benzene rings is 2. The molecule has 1 aliphatic rings. The summed E-state index contributed by atoms with van der Waals surface area (Å²) in [6.07, 6.45) is 0. The standard InChI is InChI=1S/C25H31FN6O/c1-18(16-32-20(3)27-19(2)29-32)25(33)28-22-8-10-23(11-9-22)31-14-12-30(13-15-31)17-21-6-4-5-7-24(21)26/h4-11,18H,12-17H2,1-3H3,(H,28,33). The van der Waals surface area contributed by atoms with Crippen molar-refractivity contribution in [2.75, 3.05) is 36.4 Å². The molecule has 0 aliphatic carbocycles. The van der Waals surface area contributed by atoms with Gasteiger partial charge in [-0.1, -0.05) is 25.1 Å². The van der Waals surface area contributed by atoms with Crippen molar-refractivity contribution >= 4 is 17.3 Å². The number of amides is 1. The highest BCUT2D eigenvalue weighted by Gasteiger charge is 2.19.